The lowest BCUT2D eigenvalue weighted by Crippen LogP contribution is -2.23. The van der Waals surface area contributed by atoms with Gasteiger partial charge in [-0.15, -0.1) is 0 Å². The van der Waals surface area contributed by atoms with E-state index in [-0.39, 0.29) is 6.09 Å². The summed E-state index contributed by atoms with van der Waals surface area (Å²) >= 11 is 0. The van der Waals surface area contributed by atoms with Gasteiger partial charge in [0, 0.05) is 12.2 Å². The Hall–Kier alpha value is -1.75. The monoisotopic (exact) mass is 222 g/mol. The predicted octanol–water partition coefficient (Wildman–Crippen LogP) is 0.981. The van der Waals surface area contributed by atoms with Gasteiger partial charge in [0.15, 0.2) is 0 Å². The van der Waals surface area contributed by atoms with Crippen molar-refractivity contribution >= 4 is 11.8 Å². The van der Waals surface area contributed by atoms with Gasteiger partial charge in [-0.2, -0.15) is 0 Å². The van der Waals surface area contributed by atoms with Crippen molar-refractivity contribution in [2.75, 3.05) is 31.2 Å². The molecule has 0 radical (unpaired) electrons. The van der Waals surface area contributed by atoms with Gasteiger partial charge >= 0.3 is 6.09 Å². The summed E-state index contributed by atoms with van der Waals surface area (Å²) in [6.07, 6.45) is -0.296. The number of hydrogen-bond donors (Lipinski definition) is 1. The van der Waals surface area contributed by atoms with Crippen LogP contribution in [0.1, 0.15) is 0 Å². The molecule has 0 atom stereocenters. The summed E-state index contributed by atoms with van der Waals surface area (Å²) in [6.45, 7) is 2.03. The van der Waals surface area contributed by atoms with Gasteiger partial charge in [0.25, 0.3) is 0 Å². The molecule has 0 bridgehead atoms. The fourth-order valence-corrected chi connectivity index (χ4v) is 1.53. The van der Waals surface area contributed by atoms with Crippen molar-refractivity contribution in [3.63, 3.8) is 0 Å². The average molecular weight is 222 g/mol. The molecular formula is C11H14N2O3. The molecule has 2 N–H and O–H groups in total. The third kappa shape index (κ3) is 2.25. The second-order valence-electron chi connectivity index (χ2n) is 3.40. The first kappa shape index (κ1) is 10.8. The van der Waals surface area contributed by atoms with Gasteiger partial charge in [-0.3, -0.25) is 4.90 Å². The van der Waals surface area contributed by atoms with Crippen LogP contribution in [0.3, 0.4) is 0 Å². The minimum atomic E-state index is -0.296. The highest BCUT2D eigenvalue weighted by molar-refractivity contribution is 5.89. The molecule has 1 aromatic rings. The Labute approximate surface area is 93.7 Å². The van der Waals surface area contributed by atoms with Crippen LogP contribution in [0.2, 0.25) is 0 Å². The number of hydrogen-bond acceptors (Lipinski definition) is 4. The number of benzene rings is 1. The van der Waals surface area contributed by atoms with E-state index in [0.29, 0.717) is 26.3 Å². The number of carbonyl (C=O) groups excluding carboxylic acids is 1. The largest absolute Gasteiger partial charge is 0.492 e. The number of carbonyl (C=O) groups is 1. The van der Waals surface area contributed by atoms with Gasteiger partial charge in [0.05, 0.1) is 6.54 Å². The van der Waals surface area contributed by atoms with E-state index in [2.05, 4.69) is 0 Å². The highest BCUT2D eigenvalue weighted by Crippen LogP contribution is 2.21. The summed E-state index contributed by atoms with van der Waals surface area (Å²) in [5, 5.41) is 0. The van der Waals surface area contributed by atoms with Gasteiger partial charge in [-0.25, -0.2) is 4.79 Å². The number of amides is 1. The zero-order valence-corrected chi connectivity index (χ0v) is 8.89. The number of nitrogens with two attached hydrogens (primary N) is 1. The van der Waals surface area contributed by atoms with Gasteiger partial charge < -0.3 is 15.2 Å². The molecule has 1 fully saturated rings. The van der Waals surface area contributed by atoms with Gasteiger partial charge in [-0.1, -0.05) is 0 Å². The van der Waals surface area contributed by atoms with Crippen molar-refractivity contribution in [2.24, 2.45) is 5.73 Å². The van der Waals surface area contributed by atoms with Crippen LogP contribution in [0.4, 0.5) is 10.5 Å². The minimum Gasteiger partial charge on any atom is -0.492 e. The Morgan fingerprint density at radius 3 is 2.69 bits per heavy atom. The molecule has 1 amide bonds. The lowest BCUT2D eigenvalue weighted by atomic mass is 10.3. The Bertz CT molecular complexity index is 364. The van der Waals surface area contributed by atoms with Crippen molar-refractivity contribution in [1.82, 2.24) is 0 Å². The third-order valence-corrected chi connectivity index (χ3v) is 2.30. The van der Waals surface area contributed by atoms with Crippen LogP contribution in [-0.2, 0) is 4.74 Å². The van der Waals surface area contributed by atoms with E-state index in [1.807, 2.05) is 24.3 Å². The lowest BCUT2D eigenvalue weighted by Gasteiger charge is -2.13. The number of rotatable bonds is 4. The zero-order chi connectivity index (χ0) is 11.4. The van der Waals surface area contributed by atoms with Crippen molar-refractivity contribution in [2.45, 2.75) is 0 Å². The fraction of sp³-hybridized carbons (Fsp3) is 0.364. The molecule has 1 aromatic carbocycles. The highest BCUT2D eigenvalue weighted by atomic mass is 16.6. The zero-order valence-electron chi connectivity index (χ0n) is 8.89. The maximum atomic E-state index is 11.3. The molecule has 1 saturated heterocycles. The molecule has 0 aliphatic carbocycles. The molecular weight excluding hydrogens is 208 g/mol. The Morgan fingerprint density at radius 1 is 1.38 bits per heavy atom. The molecule has 1 aliphatic heterocycles. The summed E-state index contributed by atoms with van der Waals surface area (Å²) in [6, 6.07) is 7.30. The normalized spacial score (nSPS) is 15.1. The molecule has 0 saturated carbocycles. The standard InChI is InChI=1S/C11H14N2O3/c12-5-7-15-10-3-1-9(2-4-10)13-6-8-16-11(13)14/h1-4H,5-8,12H2. The number of cyclic esters (lactones) is 1. The predicted molar refractivity (Wildman–Crippen MR) is 59.7 cm³/mol. The molecule has 0 spiro atoms. The Balaban J connectivity index is 2.04. The maximum absolute atomic E-state index is 11.3. The molecule has 5 heteroatoms. The second kappa shape index (κ2) is 4.85. The van der Waals surface area contributed by atoms with E-state index in [1.165, 1.54) is 0 Å². The summed E-state index contributed by atoms with van der Waals surface area (Å²) in [5.74, 6) is 0.752. The van der Waals surface area contributed by atoms with Crippen LogP contribution in [0, 0.1) is 0 Å². The van der Waals surface area contributed by atoms with E-state index in [9.17, 15) is 4.79 Å². The van der Waals surface area contributed by atoms with Crippen LogP contribution in [0.15, 0.2) is 24.3 Å². The van der Waals surface area contributed by atoms with Crippen LogP contribution in [0.25, 0.3) is 0 Å². The van der Waals surface area contributed by atoms with Crippen LogP contribution < -0.4 is 15.4 Å². The van der Waals surface area contributed by atoms with E-state index >= 15 is 0 Å². The lowest BCUT2D eigenvalue weighted by molar-refractivity contribution is 0.181. The second-order valence-corrected chi connectivity index (χ2v) is 3.40. The van der Waals surface area contributed by atoms with Crippen molar-refractivity contribution in [3.8, 4) is 5.75 Å². The van der Waals surface area contributed by atoms with Crippen molar-refractivity contribution in [1.29, 1.82) is 0 Å². The quantitative estimate of drug-likeness (QED) is 0.824. The molecule has 0 unspecified atom stereocenters. The smallest absolute Gasteiger partial charge is 0.414 e. The maximum Gasteiger partial charge on any atom is 0.414 e. The first-order chi connectivity index (χ1) is 7.81. The minimum absolute atomic E-state index is 0.296. The molecule has 0 aromatic heterocycles. The summed E-state index contributed by atoms with van der Waals surface area (Å²) < 4.78 is 10.2. The average Bonchev–Trinajstić information content (AvgIpc) is 2.74. The van der Waals surface area contributed by atoms with Gasteiger partial charge in [-0.05, 0) is 24.3 Å². The summed E-state index contributed by atoms with van der Waals surface area (Å²) in [5.41, 5.74) is 6.15. The molecule has 5 nitrogen and oxygen atoms in total. The fourth-order valence-electron chi connectivity index (χ4n) is 1.53. The first-order valence-electron chi connectivity index (χ1n) is 5.18. The van der Waals surface area contributed by atoms with E-state index in [4.69, 9.17) is 15.2 Å². The SMILES string of the molecule is NCCOc1ccc(N2CCOC2=O)cc1. The molecule has 1 aliphatic rings. The number of anilines is 1. The van der Waals surface area contributed by atoms with E-state index < -0.39 is 0 Å². The topological polar surface area (TPSA) is 64.8 Å². The summed E-state index contributed by atoms with van der Waals surface area (Å²) in [4.78, 5) is 12.9. The van der Waals surface area contributed by atoms with E-state index in [1.54, 1.807) is 4.90 Å². The van der Waals surface area contributed by atoms with Crippen LogP contribution in [0.5, 0.6) is 5.75 Å². The van der Waals surface area contributed by atoms with Gasteiger partial charge in [0.1, 0.15) is 19.0 Å². The van der Waals surface area contributed by atoms with Crippen molar-refractivity contribution < 1.29 is 14.3 Å². The van der Waals surface area contributed by atoms with E-state index in [0.717, 1.165) is 11.4 Å². The molecule has 16 heavy (non-hydrogen) atoms. The Morgan fingerprint density at radius 2 is 2.12 bits per heavy atom. The van der Waals surface area contributed by atoms with Crippen LogP contribution in [-0.4, -0.2) is 32.4 Å². The third-order valence-electron chi connectivity index (χ3n) is 2.30. The Kier molecular flexibility index (Phi) is 3.26. The number of nitrogens with zero attached hydrogens (tertiary/aromatic N) is 1. The first-order valence-corrected chi connectivity index (χ1v) is 5.18. The molecule has 2 rings (SSSR count). The van der Waals surface area contributed by atoms with Crippen molar-refractivity contribution in [3.05, 3.63) is 24.3 Å². The summed E-state index contributed by atoms with van der Waals surface area (Å²) in [7, 11) is 0. The highest BCUT2D eigenvalue weighted by Gasteiger charge is 2.23. The molecule has 1 heterocycles. The van der Waals surface area contributed by atoms with Crippen LogP contribution >= 0.6 is 0 Å². The number of ether oxygens (including phenoxy) is 2. The van der Waals surface area contributed by atoms with Gasteiger partial charge in [0.2, 0.25) is 0 Å². The molecule has 86 valence electrons.